The van der Waals surface area contributed by atoms with Crippen LogP contribution in [0.25, 0.3) is 0 Å². The molecule has 3 atom stereocenters. The lowest BCUT2D eigenvalue weighted by Gasteiger charge is -2.51. The number of fused-ring (bicyclic) bond motifs is 2. The van der Waals surface area contributed by atoms with Gasteiger partial charge in [-0.15, -0.1) is 0 Å². The highest BCUT2D eigenvalue weighted by Crippen LogP contribution is 2.65. The number of rotatable bonds is 3. The number of carbonyl (C=O) groups is 1. The molecule has 3 nitrogen and oxygen atoms in total. The Balaban J connectivity index is 2.24. The smallest absolute Gasteiger partial charge is 0.308 e. The number of esters is 1. The third-order valence-corrected chi connectivity index (χ3v) is 5.39. The van der Waals surface area contributed by atoms with E-state index >= 15 is 0 Å². The minimum absolute atomic E-state index is 0.104. The highest BCUT2D eigenvalue weighted by Gasteiger charge is 2.65. The van der Waals surface area contributed by atoms with Gasteiger partial charge in [0.1, 0.15) is 0 Å². The Kier molecular flexibility index (Phi) is 3.01. The molecule has 2 bridgehead atoms. The Morgan fingerprint density at radius 1 is 1.18 bits per heavy atom. The lowest BCUT2D eigenvalue weighted by molar-refractivity contribution is -0.177. The van der Waals surface area contributed by atoms with Crippen LogP contribution in [0.4, 0.5) is 0 Å². The van der Waals surface area contributed by atoms with Crippen molar-refractivity contribution in [2.24, 2.45) is 10.8 Å². The predicted octanol–water partition coefficient (Wildman–Crippen LogP) is 2.66. The molecule has 98 valence electrons. The van der Waals surface area contributed by atoms with Crippen LogP contribution < -0.4 is 0 Å². The van der Waals surface area contributed by atoms with Crippen LogP contribution in [-0.2, 0) is 9.53 Å². The van der Waals surface area contributed by atoms with Gasteiger partial charge in [0.25, 0.3) is 0 Å². The maximum Gasteiger partial charge on any atom is 0.308 e. The molecule has 2 aliphatic carbocycles. The number of aliphatic hydroxyl groups is 1. The lowest BCUT2D eigenvalue weighted by atomic mass is 9.57. The summed E-state index contributed by atoms with van der Waals surface area (Å²) in [5.74, 6) is -0.253. The fourth-order valence-corrected chi connectivity index (χ4v) is 4.07. The molecule has 0 spiro atoms. The van der Waals surface area contributed by atoms with E-state index in [1.807, 2.05) is 0 Å². The van der Waals surface area contributed by atoms with E-state index in [4.69, 9.17) is 4.74 Å². The van der Waals surface area contributed by atoms with E-state index in [-0.39, 0.29) is 23.2 Å². The summed E-state index contributed by atoms with van der Waals surface area (Å²) in [6.07, 6.45) is 5.43. The molecule has 2 fully saturated rings. The van der Waals surface area contributed by atoms with E-state index in [0.717, 1.165) is 32.1 Å². The van der Waals surface area contributed by atoms with Crippen molar-refractivity contribution in [2.45, 2.75) is 64.9 Å². The normalized spacial score (nSPS) is 44.7. The van der Waals surface area contributed by atoms with Crippen molar-refractivity contribution in [1.29, 1.82) is 0 Å². The maximum absolute atomic E-state index is 11.7. The Hall–Kier alpha value is -0.570. The summed E-state index contributed by atoms with van der Waals surface area (Å²) in [5.41, 5.74) is -1.08. The van der Waals surface area contributed by atoms with E-state index in [1.54, 1.807) is 6.92 Å². The summed E-state index contributed by atoms with van der Waals surface area (Å²) in [4.78, 5) is 11.7. The van der Waals surface area contributed by atoms with Crippen molar-refractivity contribution >= 4 is 5.97 Å². The van der Waals surface area contributed by atoms with Crippen LogP contribution in [0, 0.1) is 10.8 Å². The van der Waals surface area contributed by atoms with Gasteiger partial charge >= 0.3 is 5.97 Å². The van der Waals surface area contributed by atoms with Crippen LogP contribution in [0.1, 0.15) is 59.3 Å². The molecule has 3 heteroatoms. The Labute approximate surface area is 104 Å². The van der Waals surface area contributed by atoms with E-state index < -0.39 is 5.60 Å². The molecular weight excluding hydrogens is 216 g/mol. The number of hydrogen-bond acceptors (Lipinski definition) is 3. The summed E-state index contributed by atoms with van der Waals surface area (Å²) in [5, 5.41) is 11.1. The fourth-order valence-electron chi connectivity index (χ4n) is 4.07. The second-order valence-electron chi connectivity index (χ2n) is 6.32. The topological polar surface area (TPSA) is 46.5 Å². The molecule has 1 unspecified atom stereocenters. The molecule has 0 saturated heterocycles. The monoisotopic (exact) mass is 240 g/mol. The molecule has 0 heterocycles. The number of carbonyl (C=O) groups excluding carboxylic acids is 1. The summed E-state index contributed by atoms with van der Waals surface area (Å²) in [6.45, 7) is 6.47. The zero-order chi connectivity index (χ0) is 12.7. The van der Waals surface area contributed by atoms with Gasteiger partial charge < -0.3 is 9.84 Å². The van der Waals surface area contributed by atoms with Gasteiger partial charge in [-0.25, -0.2) is 0 Å². The fraction of sp³-hybridized carbons (Fsp3) is 0.929. The van der Waals surface area contributed by atoms with Gasteiger partial charge in [-0.2, -0.15) is 0 Å². The molecule has 1 N–H and O–H groups in total. The average molecular weight is 240 g/mol. The minimum Gasteiger partial charge on any atom is -0.466 e. The highest BCUT2D eigenvalue weighted by molar-refractivity contribution is 5.71. The van der Waals surface area contributed by atoms with Crippen LogP contribution in [-0.4, -0.2) is 23.3 Å². The molecule has 2 saturated carbocycles. The molecule has 0 aliphatic heterocycles. The quantitative estimate of drug-likeness (QED) is 0.771. The van der Waals surface area contributed by atoms with E-state index in [1.165, 1.54) is 0 Å². The van der Waals surface area contributed by atoms with Crippen molar-refractivity contribution in [1.82, 2.24) is 0 Å². The van der Waals surface area contributed by atoms with Gasteiger partial charge in [-0.1, -0.05) is 20.3 Å². The van der Waals surface area contributed by atoms with Crippen LogP contribution in [0.15, 0.2) is 0 Å². The summed E-state index contributed by atoms with van der Waals surface area (Å²) in [7, 11) is 0. The van der Waals surface area contributed by atoms with E-state index in [2.05, 4.69) is 13.8 Å². The summed E-state index contributed by atoms with van der Waals surface area (Å²) >= 11 is 0. The van der Waals surface area contributed by atoms with Crippen molar-refractivity contribution < 1.29 is 14.6 Å². The molecule has 0 amide bonds. The standard InChI is InChI=1S/C14H24O3/c1-4-17-11(15)10-14(16)12(2)6-5-7-13(14,3)9-8-12/h16H,4-10H2,1-3H3/t12-,13+,14?. The first kappa shape index (κ1) is 12.9. The van der Waals surface area contributed by atoms with Gasteiger partial charge in [0.15, 0.2) is 0 Å². The van der Waals surface area contributed by atoms with Gasteiger partial charge in [0.2, 0.25) is 0 Å². The van der Waals surface area contributed by atoms with Gasteiger partial charge in [0, 0.05) is 0 Å². The molecule has 2 aliphatic rings. The molecule has 2 rings (SSSR count). The van der Waals surface area contributed by atoms with Crippen LogP contribution in [0.5, 0.6) is 0 Å². The van der Waals surface area contributed by atoms with Crippen LogP contribution >= 0.6 is 0 Å². The Bertz CT molecular complexity index is 307. The highest BCUT2D eigenvalue weighted by atomic mass is 16.5. The number of ether oxygens (including phenoxy) is 1. The molecule has 0 aromatic carbocycles. The first-order valence-electron chi connectivity index (χ1n) is 6.75. The SMILES string of the molecule is CCOC(=O)CC1(O)[C@@]2(C)CCC[C@]1(C)CC2. The van der Waals surface area contributed by atoms with Gasteiger partial charge in [-0.05, 0) is 43.4 Å². The molecule has 0 radical (unpaired) electrons. The third kappa shape index (κ3) is 1.70. The molecule has 17 heavy (non-hydrogen) atoms. The second-order valence-corrected chi connectivity index (χ2v) is 6.32. The van der Waals surface area contributed by atoms with Crippen LogP contribution in [0.2, 0.25) is 0 Å². The largest absolute Gasteiger partial charge is 0.466 e. The van der Waals surface area contributed by atoms with Crippen molar-refractivity contribution in [2.75, 3.05) is 6.61 Å². The minimum atomic E-state index is -0.871. The molecule has 0 aromatic heterocycles. The van der Waals surface area contributed by atoms with Crippen molar-refractivity contribution in [3.05, 3.63) is 0 Å². The zero-order valence-electron chi connectivity index (χ0n) is 11.2. The molecule has 0 aromatic rings. The Morgan fingerprint density at radius 2 is 1.71 bits per heavy atom. The first-order valence-corrected chi connectivity index (χ1v) is 6.75. The zero-order valence-corrected chi connectivity index (χ0v) is 11.2. The summed E-state index contributed by atoms with van der Waals surface area (Å²) in [6, 6.07) is 0. The average Bonchev–Trinajstić information content (AvgIpc) is 2.39. The Morgan fingerprint density at radius 3 is 2.18 bits per heavy atom. The van der Waals surface area contributed by atoms with Crippen molar-refractivity contribution in [3.8, 4) is 0 Å². The van der Waals surface area contributed by atoms with E-state index in [0.29, 0.717) is 6.61 Å². The third-order valence-electron chi connectivity index (χ3n) is 5.39. The van der Waals surface area contributed by atoms with Gasteiger partial charge in [-0.3, -0.25) is 4.79 Å². The van der Waals surface area contributed by atoms with Crippen LogP contribution in [0.3, 0.4) is 0 Å². The first-order chi connectivity index (χ1) is 7.87. The number of hydrogen-bond donors (Lipinski definition) is 1. The molecular formula is C14H24O3. The second kappa shape index (κ2) is 3.98. The van der Waals surface area contributed by atoms with Crippen molar-refractivity contribution in [3.63, 3.8) is 0 Å². The maximum atomic E-state index is 11.7. The predicted molar refractivity (Wildman–Crippen MR) is 65.5 cm³/mol. The van der Waals surface area contributed by atoms with Gasteiger partial charge in [0.05, 0.1) is 18.6 Å². The lowest BCUT2D eigenvalue weighted by Crippen LogP contribution is -2.55. The van der Waals surface area contributed by atoms with E-state index in [9.17, 15) is 9.90 Å². The summed E-state index contributed by atoms with van der Waals surface area (Å²) < 4.78 is 5.03.